The Hall–Kier alpha value is -0.860. The Bertz CT molecular complexity index is 291. The first-order chi connectivity index (χ1) is 7.86. The highest BCUT2D eigenvalue weighted by atomic mass is 14.9. The first-order valence-electron chi connectivity index (χ1n) is 6.35. The van der Waals surface area contributed by atoms with Gasteiger partial charge in [0.05, 0.1) is 0 Å². The molecule has 0 bridgehead atoms. The highest BCUT2D eigenvalue weighted by molar-refractivity contribution is 5.17. The number of benzene rings is 1. The second-order valence-electron chi connectivity index (χ2n) is 4.73. The van der Waals surface area contributed by atoms with Crippen LogP contribution < -0.4 is 10.6 Å². The molecule has 1 aliphatic heterocycles. The first kappa shape index (κ1) is 11.6. The van der Waals surface area contributed by atoms with Gasteiger partial charge in [-0.25, -0.2) is 0 Å². The van der Waals surface area contributed by atoms with E-state index in [1.807, 2.05) is 0 Å². The van der Waals surface area contributed by atoms with Gasteiger partial charge in [0.2, 0.25) is 0 Å². The highest BCUT2D eigenvalue weighted by Gasteiger charge is 2.14. The van der Waals surface area contributed by atoms with Crippen molar-refractivity contribution in [1.82, 2.24) is 10.6 Å². The maximum Gasteiger partial charge on any atom is 0.0291 e. The SMILES string of the molecule is CC(NCCC1CCNC1)c1ccccc1. The molecule has 0 radical (unpaired) electrons. The Morgan fingerprint density at radius 2 is 2.19 bits per heavy atom. The molecule has 1 heterocycles. The molecule has 2 atom stereocenters. The second-order valence-corrected chi connectivity index (χ2v) is 4.73. The molecule has 2 N–H and O–H groups in total. The summed E-state index contributed by atoms with van der Waals surface area (Å²) in [4.78, 5) is 0. The minimum atomic E-state index is 0.468. The molecule has 0 aromatic heterocycles. The maximum atomic E-state index is 3.60. The number of nitrogens with one attached hydrogen (secondary N) is 2. The normalized spacial score (nSPS) is 22.2. The van der Waals surface area contributed by atoms with Crippen LogP contribution in [0.2, 0.25) is 0 Å². The van der Waals surface area contributed by atoms with Crippen LogP contribution in [0, 0.1) is 5.92 Å². The van der Waals surface area contributed by atoms with E-state index in [1.54, 1.807) is 0 Å². The lowest BCUT2D eigenvalue weighted by atomic mass is 10.0. The van der Waals surface area contributed by atoms with E-state index >= 15 is 0 Å². The van der Waals surface area contributed by atoms with E-state index in [9.17, 15) is 0 Å². The second kappa shape index (κ2) is 6.02. The third-order valence-corrected chi connectivity index (χ3v) is 3.47. The minimum Gasteiger partial charge on any atom is -0.316 e. The summed E-state index contributed by atoms with van der Waals surface area (Å²) in [5, 5.41) is 7.01. The molecule has 1 aromatic carbocycles. The summed E-state index contributed by atoms with van der Waals surface area (Å²) in [5.41, 5.74) is 1.38. The fraction of sp³-hybridized carbons (Fsp3) is 0.571. The molecule has 1 saturated heterocycles. The average Bonchev–Trinajstić information content (AvgIpc) is 2.83. The Labute approximate surface area is 98.4 Å². The van der Waals surface area contributed by atoms with Gasteiger partial charge in [-0.15, -0.1) is 0 Å². The average molecular weight is 218 g/mol. The zero-order chi connectivity index (χ0) is 11.2. The van der Waals surface area contributed by atoms with Gasteiger partial charge in [0.1, 0.15) is 0 Å². The van der Waals surface area contributed by atoms with Crippen LogP contribution in [0.1, 0.15) is 31.4 Å². The zero-order valence-electron chi connectivity index (χ0n) is 10.1. The molecular formula is C14H22N2. The van der Waals surface area contributed by atoms with Crippen LogP contribution in [-0.2, 0) is 0 Å². The lowest BCUT2D eigenvalue weighted by molar-refractivity contribution is 0.472. The van der Waals surface area contributed by atoms with Crippen LogP contribution in [0.15, 0.2) is 30.3 Å². The molecule has 1 aliphatic rings. The Balaban J connectivity index is 1.69. The predicted octanol–water partition coefficient (Wildman–Crippen LogP) is 2.34. The molecule has 2 nitrogen and oxygen atoms in total. The van der Waals surface area contributed by atoms with Gasteiger partial charge in [-0.1, -0.05) is 30.3 Å². The lowest BCUT2D eigenvalue weighted by Crippen LogP contribution is -2.22. The van der Waals surface area contributed by atoms with Gasteiger partial charge in [-0.2, -0.15) is 0 Å². The molecule has 1 fully saturated rings. The van der Waals surface area contributed by atoms with Gasteiger partial charge < -0.3 is 10.6 Å². The number of hydrogen-bond donors (Lipinski definition) is 2. The Morgan fingerprint density at radius 1 is 1.38 bits per heavy atom. The van der Waals surface area contributed by atoms with Crippen molar-refractivity contribution in [2.75, 3.05) is 19.6 Å². The van der Waals surface area contributed by atoms with Gasteiger partial charge in [-0.3, -0.25) is 0 Å². The number of hydrogen-bond acceptors (Lipinski definition) is 2. The number of rotatable bonds is 5. The van der Waals surface area contributed by atoms with E-state index in [0.717, 1.165) is 12.5 Å². The van der Waals surface area contributed by atoms with E-state index in [4.69, 9.17) is 0 Å². The third kappa shape index (κ3) is 3.32. The van der Waals surface area contributed by atoms with Crippen molar-refractivity contribution in [2.45, 2.75) is 25.8 Å². The minimum absolute atomic E-state index is 0.468. The van der Waals surface area contributed by atoms with E-state index in [-0.39, 0.29) is 0 Å². The topological polar surface area (TPSA) is 24.1 Å². The third-order valence-electron chi connectivity index (χ3n) is 3.47. The molecule has 88 valence electrons. The van der Waals surface area contributed by atoms with Crippen molar-refractivity contribution in [2.24, 2.45) is 5.92 Å². The molecule has 16 heavy (non-hydrogen) atoms. The molecule has 0 spiro atoms. The summed E-state index contributed by atoms with van der Waals surface area (Å²) in [6.45, 7) is 5.78. The smallest absolute Gasteiger partial charge is 0.0291 e. The fourth-order valence-corrected chi connectivity index (χ4v) is 2.32. The molecule has 2 rings (SSSR count). The predicted molar refractivity (Wildman–Crippen MR) is 68.5 cm³/mol. The molecule has 0 amide bonds. The van der Waals surface area contributed by atoms with Crippen molar-refractivity contribution in [1.29, 1.82) is 0 Å². The van der Waals surface area contributed by atoms with E-state index in [0.29, 0.717) is 6.04 Å². The van der Waals surface area contributed by atoms with Crippen LogP contribution in [0.4, 0.5) is 0 Å². The summed E-state index contributed by atoms with van der Waals surface area (Å²) < 4.78 is 0. The van der Waals surface area contributed by atoms with Crippen molar-refractivity contribution < 1.29 is 0 Å². The highest BCUT2D eigenvalue weighted by Crippen LogP contribution is 2.14. The summed E-state index contributed by atoms with van der Waals surface area (Å²) in [6.07, 6.45) is 2.64. The Kier molecular flexibility index (Phi) is 4.37. The molecule has 2 heteroatoms. The largest absolute Gasteiger partial charge is 0.316 e. The maximum absolute atomic E-state index is 3.60. The van der Waals surface area contributed by atoms with Gasteiger partial charge in [0.25, 0.3) is 0 Å². The summed E-state index contributed by atoms with van der Waals surface area (Å²) in [5.74, 6) is 0.885. The van der Waals surface area contributed by atoms with Crippen molar-refractivity contribution >= 4 is 0 Å². The summed E-state index contributed by atoms with van der Waals surface area (Å²) >= 11 is 0. The zero-order valence-corrected chi connectivity index (χ0v) is 10.1. The van der Waals surface area contributed by atoms with Gasteiger partial charge in [0, 0.05) is 6.04 Å². The van der Waals surface area contributed by atoms with Crippen LogP contribution in [0.3, 0.4) is 0 Å². The van der Waals surface area contributed by atoms with E-state index in [1.165, 1.54) is 31.5 Å². The summed E-state index contributed by atoms with van der Waals surface area (Å²) in [6, 6.07) is 11.1. The molecule has 0 aliphatic carbocycles. The quantitative estimate of drug-likeness (QED) is 0.792. The molecule has 0 saturated carbocycles. The first-order valence-corrected chi connectivity index (χ1v) is 6.35. The van der Waals surface area contributed by atoms with Crippen LogP contribution in [0.5, 0.6) is 0 Å². The lowest BCUT2D eigenvalue weighted by Gasteiger charge is -2.15. The van der Waals surface area contributed by atoms with Gasteiger partial charge in [-0.05, 0) is 50.9 Å². The van der Waals surface area contributed by atoms with Crippen molar-refractivity contribution in [3.63, 3.8) is 0 Å². The van der Waals surface area contributed by atoms with Crippen molar-refractivity contribution in [3.05, 3.63) is 35.9 Å². The molecule has 1 aromatic rings. The Morgan fingerprint density at radius 3 is 2.88 bits per heavy atom. The monoisotopic (exact) mass is 218 g/mol. The van der Waals surface area contributed by atoms with Crippen LogP contribution >= 0.6 is 0 Å². The fourth-order valence-electron chi connectivity index (χ4n) is 2.32. The summed E-state index contributed by atoms with van der Waals surface area (Å²) in [7, 11) is 0. The standard InChI is InChI=1S/C14H22N2/c1-12(14-5-3-2-4-6-14)16-10-8-13-7-9-15-11-13/h2-6,12-13,15-16H,7-11H2,1H3. The van der Waals surface area contributed by atoms with Crippen LogP contribution in [0.25, 0.3) is 0 Å². The van der Waals surface area contributed by atoms with Crippen LogP contribution in [-0.4, -0.2) is 19.6 Å². The van der Waals surface area contributed by atoms with Crippen molar-refractivity contribution in [3.8, 4) is 0 Å². The molecular weight excluding hydrogens is 196 g/mol. The van der Waals surface area contributed by atoms with E-state index < -0.39 is 0 Å². The molecule has 2 unspecified atom stereocenters. The van der Waals surface area contributed by atoms with E-state index in [2.05, 4.69) is 47.9 Å². The van der Waals surface area contributed by atoms with Gasteiger partial charge in [0.15, 0.2) is 0 Å². The van der Waals surface area contributed by atoms with Gasteiger partial charge >= 0.3 is 0 Å².